The summed E-state index contributed by atoms with van der Waals surface area (Å²) in [5.41, 5.74) is 2.52. The number of aliphatic hydroxyl groups is 1. The number of anilines is 1. The maximum absolute atomic E-state index is 11.9. The summed E-state index contributed by atoms with van der Waals surface area (Å²) in [7, 11) is 0. The highest BCUT2D eigenvalue weighted by molar-refractivity contribution is 5.92. The molecule has 0 heterocycles. The van der Waals surface area contributed by atoms with E-state index in [1.54, 1.807) is 0 Å². The number of hydrogen-bond donors (Lipinski definition) is 2. The van der Waals surface area contributed by atoms with Gasteiger partial charge in [-0.05, 0) is 30.5 Å². The molecule has 0 aliphatic heterocycles. The molecular weight excluding hydrogens is 238 g/mol. The van der Waals surface area contributed by atoms with Crippen LogP contribution in [0.25, 0.3) is 0 Å². The van der Waals surface area contributed by atoms with Crippen molar-refractivity contribution in [3.63, 3.8) is 0 Å². The number of benzene rings is 1. The Morgan fingerprint density at radius 1 is 1.47 bits per heavy atom. The Bertz CT molecular complexity index is 497. The molecule has 0 radical (unpaired) electrons. The molecule has 0 aromatic heterocycles. The molecule has 0 fully saturated rings. The third-order valence-corrected chi connectivity index (χ3v) is 2.98. The zero-order valence-electron chi connectivity index (χ0n) is 11.8. The lowest BCUT2D eigenvalue weighted by atomic mass is 10.0. The van der Waals surface area contributed by atoms with Crippen LogP contribution in [0.4, 0.5) is 5.69 Å². The van der Waals surface area contributed by atoms with E-state index in [0.29, 0.717) is 18.0 Å². The summed E-state index contributed by atoms with van der Waals surface area (Å²) < 4.78 is 0. The maximum Gasteiger partial charge on any atom is 0.224 e. The van der Waals surface area contributed by atoms with Gasteiger partial charge in [-0.1, -0.05) is 38.2 Å². The lowest BCUT2D eigenvalue weighted by Crippen LogP contribution is -2.15. The van der Waals surface area contributed by atoms with Gasteiger partial charge in [0, 0.05) is 12.0 Å². The fourth-order valence-corrected chi connectivity index (χ4v) is 1.67. The van der Waals surface area contributed by atoms with Crippen molar-refractivity contribution in [3.8, 4) is 11.8 Å². The maximum atomic E-state index is 11.9. The molecule has 0 aliphatic carbocycles. The smallest absolute Gasteiger partial charge is 0.224 e. The van der Waals surface area contributed by atoms with E-state index in [2.05, 4.69) is 31.0 Å². The van der Waals surface area contributed by atoms with Gasteiger partial charge in [-0.15, -0.1) is 0 Å². The van der Waals surface area contributed by atoms with Gasteiger partial charge in [0.25, 0.3) is 0 Å². The molecule has 2 N–H and O–H groups in total. The Hall–Kier alpha value is -1.79. The topological polar surface area (TPSA) is 49.3 Å². The quantitative estimate of drug-likeness (QED) is 0.817. The molecular formula is C16H21NO2. The second kappa shape index (κ2) is 7.60. The molecule has 19 heavy (non-hydrogen) atoms. The minimum absolute atomic E-state index is 0.00486. The van der Waals surface area contributed by atoms with E-state index in [4.69, 9.17) is 5.11 Å². The molecule has 1 atom stereocenters. The normalized spacial score (nSPS) is 11.4. The van der Waals surface area contributed by atoms with Crippen LogP contribution in [0.5, 0.6) is 0 Å². The van der Waals surface area contributed by atoms with Crippen molar-refractivity contribution in [1.82, 2.24) is 0 Å². The van der Waals surface area contributed by atoms with E-state index >= 15 is 0 Å². The molecule has 1 unspecified atom stereocenters. The predicted octanol–water partition coefficient (Wildman–Crippen LogP) is 2.71. The Kier molecular flexibility index (Phi) is 6.11. The lowest BCUT2D eigenvalue weighted by molar-refractivity contribution is -0.117. The Balaban J connectivity index is 2.85. The molecule has 0 spiro atoms. The first-order chi connectivity index (χ1) is 9.06. The van der Waals surface area contributed by atoms with Crippen molar-refractivity contribution in [2.24, 2.45) is 5.92 Å². The van der Waals surface area contributed by atoms with Crippen molar-refractivity contribution in [1.29, 1.82) is 0 Å². The summed E-state index contributed by atoms with van der Waals surface area (Å²) in [5.74, 6) is 5.85. The minimum Gasteiger partial charge on any atom is -0.384 e. The van der Waals surface area contributed by atoms with Crippen LogP contribution in [-0.4, -0.2) is 17.6 Å². The van der Waals surface area contributed by atoms with Gasteiger partial charge in [-0.25, -0.2) is 0 Å². The van der Waals surface area contributed by atoms with Crippen LogP contribution in [-0.2, 0) is 4.79 Å². The zero-order valence-corrected chi connectivity index (χ0v) is 11.8. The largest absolute Gasteiger partial charge is 0.384 e. The molecule has 3 nitrogen and oxygen atoms in total. The average Bonchev–Trinajstić information content (AvgIpc) is 2.38. The summed E-state index contributed by atoms with van der Waals surface area (Å²) in [6, 6.07) is 5.69. The van der Waals surface area contributed by atoms with Crippen LogP contribution in [0.2, 0.25) is 0 Å². The van der Waals surface area contributed by atoms with Crippen LogP contribution >= 0.6 is 0 Å². The van der Waals surface area contributed by atoms with E-state index < -0.39 is 0 Å². The third kappa shape index (κ3) is 5.15. The summed E-state index contributed by atoms with van der Waals surface area (Å²) in [6.07, 6.45) is 1.50. The van der Waals surface area contributed by atoms with Gasteiger partial charge in [-0.2, -0.15) is 0 Å². The van der Waals surface area contributed by atoms with Gasteiger partial charge >= 0.3 is 0 Å². The molecule has 1 amide bonds. The second-order valence-electron chi connectivity index (χ2n) is 4.77. The highest BCUT2D eigenvalue weighted by Gasteiger charge is 2.09. The Morgan fingerprint density at radius 2 is 2.21 bits per heavy atom. The summed E-state index contributed by atoms with van der Waals surface area (Å²) in [4.78, 5) is 11.9. The van der Waals surface area contributed by atoms with Crippen molar-refractivity contribution < 1.29 is 9.90 Å². The predicted molar refractivity (Wildman–Crippen MR) is 77.8 cm³/mol. The fraction of sp³-hybridized carbons (Fsp3) is 0.438. The van der Waals surface area contributed by atoms with Crippen LogP contribution in [0, 0.1) is 24.7 Å². The first kappa shape index (κ1) is 15.3. The van der Waals surface area contributed by atoms with Gasteiger partial charge in [-0.3, -0.25) is 4.79 Å². The molecule has 1 aromatic carbocycles. The van der Waals surface area contributed by atoms with Gasteiger partial charge in [0.2, 0.25) is 5.91 Å². The summed E-state index contributed by atoms with van der Waals surface area (Å²) in [6.45, 7) is 5.91. The number of aryl methyl sites for hydroxylation is 1. The van der Waals surface area contributed by atoms with E-state index in [1.165, 1.54) is 0 Å². The number of carbonyl (C=O) groups excluding carboxylic acids is 1. The zero-order chi connectivity index (χ0) is 14.3. The molecule has 0 aliphatic rings. The highest BCUT2D eigenvalue weighted by Crippen LogP contribution is 2.17. The van der Waals surface area contributed by atoms with Crippen LogP contribution in [0.3, 0.4) is 0 Å². The van der Waals surface area contributed by atoms with Crippen LogP contribution in [0.15, 0.2) is 18.2 Å². The fourth-order valence-electron chi connectivity index (χ4n) is 1.67. The lowest BCUT2D eigenvalue weighted by Gasteiger charge is -2.11. The van der Waals surface area contributed by atoms with Crippen molar-refractivity contribution >= 4 is 11.6 Å². The first-order valence-electron chi connectivity index (χ1n) is 6.57. The van der Waals surface area contributed by atoms with E-state index in [9.17, 15) is 4.79 Å². The van der Waals surface area contributed by atoms with Gasteiger partial charge < -0.3 is 10.4 Å². The Morgan fingerprint density at radius 3 is 2.84 bits per heavy atom. The molecule has 1 rings (SSSR count). The Labute approximate surface area is 115 Å². The second-order valence-corrected chi connectivity index (χ2v) is 4.77. The van der Waals surface area contributed by atoms with Gasteiger partial charge in [0.1, 0.15) is 6.61 Å². The molecule has 3 heteroatoms. The monoisotopic (exact) mass is 259 g/mol. The molecule has 0 saturated heterocycles. The van der Waals surface area contributed by atoms with E-state index in [0.717, 1.165) is 17.5 Å². The van der Waals surface area contributed by atoms with Crippen LogP contribution < -0.4 is 5.32 Å². The van der Waals surface area contributed by atoms with E-state index in [-0.39, 0.29) is 12.5 Å². The minimum atomic E-state index is -0.186. The number of carbonyl (C=O) groups is 1. The van der Waals surface area contributed by atoms with Crippen molar-refractivity contribution in [3.05, 3.63) is 29.3 Å². The number of nitrogens with one attached hydrogen (secondary N) is 1. The summed E-state index contributed by atoms with van der Waals surface area (Å²) in [5, 5.41) is 11.6. The number of rotatable bonds is 4. The van der Waals surface area contributed by atoms with E-state index in [1.807, 2.05) is 25.1 Å². The van der Waals surface area contributed by atoms with Crippen molar-refractivity contribution in [2.45, 2.75) is 33.6 Å². The standard InChI is InChI=1S/C16H21NO2/c1-4-12(2)11-16(19)17-15-8-7-13(3)10-14(15)6-5-9-18/h7-8,10,12,18H,4,9,11H2,1-3H3,(H,17,19). The molecule has 0 bridgehead atoms. The number of aliphatic hydroxyl groups excluding tert-OH is 1. The third-order valence-electron chi connectivity index (χ3n) is 2.98. The van der Waals surface area contributed by atoms with Gasteiger partial charge in [0.05, 0.1) is 5.69 Å². The number of hydrogen-bond acceptors (Lipinski definition) is 2. The van der Waals surface area contributed by atoms with Crippen LogP contribution in [0.1, 0.15) is 37.8 Å². The van der Waals surface area contributed by atoms with Gasteiger partial charge in [0.15, 0.2) is 0 Å². The SMILES string of the molecule is CCC(C)CC(=O)Nc1ccc(C)cc1C#CCO. The number of amides is 1. The first-order valence-corrected chi connectivity index (χ1v) is 6.57. The molecule has 102 valence electrons. The highest BCUT2D eigenvalue weighted by atomic mass is 16.2. The van der Waals surface area contributed by atoms with Crippen molar-refractivity contribution in [2.75, 3.05) is 11.9 Å². The average molecular weight is 259 g/mol. The summed E-state index contributed by atoms with van der Waals surface area (Å²) >= 11 is 0. The molecule has 0 saturated carbocycles. The molecule has 1 aromatic rings.